The summed E-state index contributed by atoms with van der Waals surface area (Å²) in [7, 11) is 0. The fourth-order valence-electron chi connectivity index (χ4n) is 0. The topological polar surface area (TPSA) is 0 Å². The van der Waals surface area contributed by atoms with Crippen LogP contribution in [0.5, 0.6) is 0 Å². The van der Waals surface area contributed by atoms with E-state index in [-0.39, 0.29) is 82.1 Å². The minimum Gasteiger partial charge on any atom is -0.358 e. The van der Waals surface area contributed by atoms with E-state index in [1.165, 1.54) is 0 Å². The van der Waals surface area contributed by atoms with E-state index in [4.69, 9.17) is 0 Å². The summed E-state index contributed by atoms with van der Waals surface area (Å²) in [6.07, 6.45) is 0. The molecule has 0 radical (unpaired) electrons. The Labute approximate surface area is 136 Å². The fourth-order valence-corrected chi connectivity index (χ4v) is 0. The molecule has 0 atom stereocenters. The molecule has 0 aliphatic heterocycles. The molecular weight excluding hydrogens is 327 g/mol. The molecule has 0 unspecified atom stereocenters. The van der Waals surface area contributed by atoms with Crippen LogP contribution in [0, 0.1) is 57.4 Å². The van der Waals surface area contributed by atoms with Crippen molar-refractivity contribution in [2.24, 2.45) is 0 Å². The van der Waals surface area contributed by atoms with Gasteiger partial charge in [-0.05, 0) is 0 Å². The molecule has 0 aromatic rings. The van der Waals surface area contributed by atoms with Gasteiger partial charge in [0.25, 0.3) is 0 Å². The molecule has 0 saturated carbocycles. The third-order valence-corrected chi connectivity index (χ3v) is 0. The first-order chi connectivity index (χ1) is 4.00. The molecule has 0 aromatic heterocycles. The monoisotopic (exact) mass is 356 g/mol. The van der Waals surface area contributed by atoms with Crippen molar-refractivity contribution in [2.75, 3.05) is 0 Å². The van der Waals surface area contributed by atoms with Gasteiger partial charge < -0.3 is 57.4 Å². The zero-order valence-corrected chi connectivity index (χ0v) is 16.7. The Balaban J connectivity index is -0.00000000167. The normalized spacial score (nSPS) is 1.71. The minimum absolute atomic E-state index is 0. The second kappa shape index (κ2) is 897. The van der Waals surface area contributed by atoms with Crippen molar-refractivity contribution >= 4 is 0 Å². The molecule has 0 heterocycles. The Kier molecular flexibility index (Phi) is 6620. The van der Waals surface area contributed by atoms with E-state index in [0.29, 0.717) is 0 Å². The van der Waals surface area contributed by atoms with Crippen LogP contribution in [0.2, 0.25) is 0 Å². The number of hydrogen-bond donors (Lipinski definition) is 0. The average Bonchev–Trinajstić information content (AvgIpc) is 2.03. The Morgan fingerprint density at radius 2 is 0.357 bits per heavy atom. The van der Waals surface area contributed by atoms with Crippen molar-refractivity contribution in [2.45, 2.75) is 27.7 Å². The van der Waals surface area contributed by atoms with Crippen LogP contribution in [-0.2, 0) is 52.4 Å². The maximum atomic E-state index is 3.25. The van der Waals surface area contributed by atoms with Crippen LogP contribution in [0.25, 0.3) is 0 Å². The van der Waals surface area contributed by atoms with Gasteiger partial charge in [0.05, 0.1) is 0 Å². The maximum absolute atomic E-state index is 3.25. The van der Waals surface area contributed by atoms with Crippen LogP contribution in [0.3, 0.4) is 0 Å². The van der Waals surface area contributed by atoms with Gasteiger partial charge in [0.15, 0.2) is 0 Å². The summed E-state index contributed by atoms with van der Waals surface area (Å²) in [5.74, 6) is 0. The molecule has 14 heavy (non-hydrogen) atoms. The largest absolute Gasteiger partial charge is 4.00 e. The molecular formula is C12H32Zr2. The summed E-state index contributed by atoms with van der Waals surface area (Å²) in [5, 5.41) is 0. The van der Waals surface area contributed by atoms with E-state index in [9.17, 15) is 0 Å². The Morgan fingerprint density at radius 1 is 0.357 bits per heavy atom. The van der Waals surface area contributed by atoms with Gasteiger partial charge in [-0.1, -0.05) is 0 Å². The number of hydrogen-bond acceptors (Lipinski definition) is 0. The van der Waals surface area contributed by atoms with Gasteiger partial charge in [-0.15, -0.1) is 0 Å². The first-order valence-corrected chi connectivity index (χ1v) is 2.83. The molecule has 0 saturated heterocycles. The first kappa shape index (κ1) is 103. The molecule has 2 heteroatoms. The molecule has 88 valence electrons. The molecule has 0 N–H and O–H groups in total. The fraction of sp³-hybridized carbons (Fsp3) is 0.333. The Morgan fingerprint density at radius 3 is 0.357 bits per heavy atom. The van der Waals surface area contributed by atoms with Gasteiger partial charge in [-0.25, -0.2) is 0 Å². The van der Waals surface area contributed by atoms with Gasteiger partial charge in [0.2, 0.25) is 0 Å². The second-order valence-electron chi connectivity index (χ2n) is 0. The van der Waals surface area contributed by atoms with Crippen LogP contribution >= 0.6 is 0 Å². The maximum Gasteiger partial charge on any atom is 4.00 e. The molecule has 0 bridgehead atoms. The number of rotatable bonds is 0. The third-order valence-electron chi connectivity index (χ3n) is 0. The predicted molar refractivity (Wildman–Crippen MR) is 69.8 cm³/mol. The van der Waals surface area contributed by atoms with Crippen LogP contribution in [0.4, 0.5) is 0 Å². The summed E-state index contributed by atoms with van der Waals surface area (Å²) in [6.45, 7) is 20.0. The van der Waals surface area contributed by atoms with Crippen molar-refractivity contribution in [1.82, 2.24) is 0 Å². The summed E-state index contributed by atoms with van der Waals surface area (Å²) < 4.78 is 0. The van der Waals surface area contributed by atoms with E-state index in [1.54, 1.807) is 27.7 Å². The molecule has 0 aliphatic carbocycles. The first-order valence-electron chi connectivity index (χ1n) is 2.83. The molecule has 0 aromatic carbocycles. The summed E-state index contributed by atoms with van der Waals surface area (Å²) in [4.78, 5) is 0. The van der Waals surface area contributed by atoms with Gasteiger partial charge in [0, 0.05) is 0 Å². The Bertz CT molecular complexity index is 8.28. The van der Waals surface area contributed by atoms with Gasteiger partial charge >= 0.3 is 52.4 Å². The summed E-state index contributed by atoms with van der Waals surface area (Å²) >= 11 is 0. The summed E-state index contributed by atoms with van der Waals surface area (Å²) in [6, 6.07) is 0. The molecule has 0 fully saturated rings. The van der Waals surface area contributed by atoms with E-state index in [1.807, 2.05) is 0 Å². The molecule has 0 amide bonds. The van der Waals surface area contributed by atoms with E-state index in [0.717, 1.165) is 0 Å². The zero-order chi connectivity index (χ0) is 8.00. The van der Waals surface area contributed by atoms with Gasteiger partial charge in [0.1, 0.15) is 0 Å². The average molecular weight is 359 g/mol. The Hall–Kier alpha value is 1.77. The van der Waals surface area contributed by atoms with Crippen molar-refractivity contribution < 1.29 is 52.4 Å². The quantitative estimate of drug-likeness (QED) is 0.525. The van der Waals surface area contributed by atoms with Crippen molar-refractivity contribution in [3.63, 3.8) is 0 Å². The van der Waals surface area contributed by atoms with E-state index >= 15 is 0 Å². The van der Waals surface area contributed by atoms with Gasteiger partial charge in [-0.2, -0.15) is 27.7 Å². The van der Waals surface area contributed by atoms with Crippen molar-refractivity contribution in [3.05, 3.63) is 57.4 Å². The predicted octanol–water partition coefficient (Wildman–Crippen LogP) is 5.16. The molecule has 0 spiro atoms. The second-order valence-corrected chi connectivity index (χ2v) is 0. The molecule has 0 aliphatic rings. The molecule has 0 rings (SSSR count). The van der Waals surface area contributed by atoms with Gasteiger partial charge in [-0.3, -0.25) is 0 Å². The molecule has 0 nitrogen and oxygen atoms in total. The standard InChI is InChI=1S/4C2H5.4CH3.2Zr/c4*1-2;;;;;;/h4*1H2,2H3;4*1H3;;/q8*-1;2*+4. The van der Waals surface area contributed by atoms with E-state index < -0.39 is 0 Å². The third kappa shape index (κ3) is 719. The SMILES string of the molecule is [CH2-]C.[CH2-]C.[CH2-]C.[CH2-]C.[CH3-].[CH3-].[CH3-].[CH3-].[Zr+4].[Zr+4]. The van der Waals surface area contributed by atoms with Crippen LogP contribution in [0.15, 0.2) is 0 Å². The van der Waals surface area contributed by atoms with Crippen LogP contribution in [-0.4, -0.2) is 0 Å². The van der Waals surface area contributed by atoms with Crippen LogP contribution in [0.1, 0.15) is 27.7 Å². The minimum atomic E-state index is 0. The van der Waals surface area contributed by atoms with Crippen LogP contribution < -0.4 is 0 Å². The zero-order valence-electron chi connectivity index (χ0n) is 11.8. The van der Waals surface area contributed by atoms with Crippen molar-refractivity contribution in [1.29, 1.82) is 0 Å². The van der Waals surface area contributed by atoms with Crippen molar-refractivity contribution in [3.8, 4) is 0 Å². The smallest absolute Gasteiger partial charge is 0.358 e. The summed E-state index contributed by atoms with van der Waals surface area (Å²) in [5.41, 5.74) is 0. The van der Waals surface area contributed by atoms with E-state index in [2.05, 4.69) is 27.7 Å².